The van der Waals surface area contributed by atoms with Crippen LogP contribution < -0.4 is 0 Å². The van der Waals surface area contributed by atoms with Gasteiger partial charge in [-0.25, -0.2) is 4.98 Å². The lowest BCUT2D eigenvalue weighted by atomic mass is 10.2. The largest absolute Gasteiger partial charge is 0.406 e. The monoisotopic (exact) mass is 318 g/mol. The summed E-state index contributed by atoms with van der Waals surface area (Å²) in [6.07, 6.45) is 2.21. The summed E-state index contributed by atoms with van der Waals surface area (Å²) in [6.45, 7) is 11.3. The SMILES string of the molecule is CC(C)(C)[Si](C)(C)OCC#Cc1cccc(/C=C/[N+](=O)[O-])n1. The van der Waals surface area contributed by atoms with Crippen LogP contribution in [-0.2, 0) is 4.43 Å². The summed E-state index contributed by atoms with van der Waals surface area (Å²) in [7, 11) is -1.79. The molecule has 0 atom stereocenters. The van der Waals surface area contributed by atoms with Crippen molar-refractivity contribution in [3.05, 3.63) is 45.9 Å². The van der Waals surface area contributed by atoms with Crippen molar-refractivity contribution < 1.29 is 9.35 Å². The molecule has 1 heterocycles. The highest BCUT2D eigenvalue weighted by atomic mass is 28.4. The summed E-state index contributed by atoms with van der Waals surface area (Å²) in [5.74, 6) is 5.89. The van der Waals surface area contributed by atoms with Crippen LogP contribution in [0.3, 0.4) is 0 Å². The van der Waals surface area contributed by atoms with E-state index >= 15 is 0 Å². The maximum absolute atomic E-state index is 10.3. The van der Waals surface area contributed by atoms with Gasteiger partial charge in [-0.2, -0.15) is 0 Å². The van der Waals surface area contributed by atoms with E-state index in [4.69, 9.17) is 4.43 Å². The van der Waals surface area contributed by atoms with Crippen LogP contribution in [-0.4, -0.2) is 24.8 Å². The van der Waals surface area contributed by atoms with Crippen LogP contribution in [0.1, 0.15) is 32.2 Å². The van der Waals surface area contributed by atoms with Gasteiger partial charge in [-0.3, -0.25) is 10.1 Å². The first kappa shape index (κ1) is 18.1. The zero-order valence-electron chi connectivity index (χ0n) is 13.7. The lowest BCUT2D eigenvalue weighted by molar-refractivity contribution is -0.401. The van der Waals surface area contributed by atoms with E-state index in [0.717, 1.165) is 6.20 Å². The van der Waals surface area contributed by atoms with Gasteiger partial charge in [0.2, 0.25) is 6.20 Å². The summed E-state index contributed by atoms with van der Waals surface area (Å²) in [4.78, 5) is 14.0. The molecular formula is C16H22N2O3Si. The fraction of sp³-hybridized carbons (Fsp3) is 0.438. The molecule has 0 aliphatic carbocycles. The predicted molar refractivity (Wildman–Crippen MR) is 90.3 cm³/mol. The topological polar surface area (TPSA) is 65.3 Å². The van der Waals surface area contributed by atoms with Crippen LogP contribution >= 0.6 is 0 Å². The number of hydrogen-bond acceptors (Lipinski definition) is 4. The average Bonchev–Trinajstić information content (AvgIpc) is 2.40. The Bertz CT molecular complexity index is 622. The molecule has 6 heteroatoms. The molecule has 118 valence electrons. The first-order chi connectivity index (χ1) is 10.1. The van der Waals surface area contributed by atoms with Gasteiger partial charge in [0.15, 0.2) is 8.32 Å². The van der Waals surface area contributed by atoms with Crippen molar-refractivity contribution in [2.24, 2.45) is 0 Å². The molecular weight excluding hydrogens is 296 g/mol. The molecule has 0 N–H and O–H groups in total. The van der Waals surface area contributed by atoms with Crippen LogP contribution in [0.15, 0.2) is 24.4 Å². The summed E-state index contributed by atoms with van der Waals surface area (Å²) < 4.78 is 5.96. The van der Waals surface area contributed by atoms with Crippen LogP contribution in [0.5, 0.6) is 0 Å². The van der Waals surface area contributed by atoms with Gasteiger partial charge < -0.3 is 4.43 Å². The maximum Gasteiger partial charge on any atom is 0.236 e. The lowest BCUT2D eigenvalue weighted by Crippen LogP contribution is -2.40. The highest BCUT2D eigenvalue weighted by molar-refractivity contribution is 6.74. The molecule has 1 aromatic heterocycles. The Hall–Kier alpha value is -1.97. The van der Waals surface area contributed by atoms with E-state index in [1.165, 1.54) is 6.08 Å². The highest BCUT2D eigenvalue weighted by Gasteiger charge is 2.36. The smallest absolute Gasteiger partial charge is 0.236 e. The van der Waals surface area contributed by atoms with Crippen molar-refractivity contribution in [3.8, 4) is 11.8 Å². The summed E-state index contributed by atoms with van der Waals surface area (Å²) >= 11 is 0. The summed E-state index contributed by atoms with van der Waals surface area (Å²) in [5, 5.41) is 10.4. The third-order valence-electron chi connectivity index (χ3n) is 3.67. The molecule has 0 aliphatic heterocycles. The molecule has 0 saturated carbocycles. The highest BCUT2D eigenvalue weighted by Crippen LogP contribution is 2.36. The maximum atomic E-state index is 10.3. The molecule has 0 spiro atoms. The number of aromatic nitrogens is 1. The van der Waals surface area contributed by atoms with Gasteiger partial charge in [0.25, 0.3) is 0 Å². The first-order valence-electron chi connectivity index (χ1n) is 7.03. The molecule has 0 aliphatic rings. The minimum Gasteiger partial charge on any atom is -0.406 e. The molecule has 0 unspecified atom stereocenters. The number of nitro groups is 1. The van der Waals surface area contributed by atoms with Gasteiger partial charge in [0, 0.05) is 6.08 Å². The second-order valence-corrected chi connectivity index (χ2v) is 11.2. The normalized spacial score (nSPS) is 12.0. The number of nitrogens with zero attached hydrogens (tertiary/aromatic N) is 2. The Kier molecular flexibility index (Phi) is 6.03. The van der Waals surface area contributed by atoms with E-state index in [-0.39, 0.29) is 5.04 Å². The van der Waals surface area contributed by atoms with E-state index in [1.807, 2.05) is 0 Å². The van der Waals surface area contributed by atoms with Crippen molar-refractivity contribution in [1.82, 2.24) is 4.98 Å². The first-order valence-corrected chi connectivity index (χ1v) is 9.94. The minimum atomic E-state index is -1.79. The fourth-order valence-electron chi connectivity index (χ4n) is 1.31. The zero-order valence-corrected chi connectivity index (χ0v) is 14.7. The van der Waals surface area contributed by atoms with Gasteiger partial charge in [-0.1, -0.05) is 32.8 Å². The summed E-state index contributed by atoms with van der Waals surface area (Å²) in [5.41, 5.74) is 1.08. The molecule has 1 aromatic rings. The summed E-state index contributed by atoms with van der Waals surface area (Å²) in [6, 6.07) is 5.23. The van der Waals surface area contributed by atoms with Crippen molar-refractivity contribution in [1.29, 1.82) is 0 Å². The fourth-order valence-corrected chi connectivity index (χ4v) is 2.18. The number of pyridine rings is 1. The van der Waals surface area contributed by atoms with Gasteiger partial charge in [0.1, 0.15) is 5.69 Å². The molecule has 0 bridgehead atoms. The van der Waals surface area contributed by atoms with Gasteiger partial charge in [-0.15, -0.1) is 0 Å². The van der Waals surface area contributed by atoms with E-state index in [9.17, 15) is 10.1 Å². The Labute approximate surface area is 132 Å². The molecule has 1 rings (SSSR count). The number of hydrogen-bond donors (Lipinski definition) is 0. The van der Waals surface area contributed by atoms with Gasteiger partial charge >= 0.3 is 0 Å². The van der Waals surface area contributed by atoms with Crippen molar-refractivity contribution >= 4 is 14.4 Å². The Morgan fingerprint density at radius 1 is 1.41 bits per heavy atom. The number of rotatable bonds is 4. The average molecular weight is 318 g/mol. The van der Waals surface area contributed by atoms with Gasteiger partial charge in [0.05, 0.1) is 17.2 Å². The molecule has 0 fully saturated rings. The standard InChI is InChI=1S/C16H22N2O3Si/c1-16(2,3)22(4,5)21-13-7-10-14-8-6-9-15(17-14)11-12-18(19)20/h6,8-9,11-12H,13H2,1-5H3/b12-11+. The van der Waals surface area contributed by atoms with Crippen molar-refractivity contribution in [2.45, 2.75) is 38.9 Å². The second kappa shape index (κ2) is 7.34. The Morgan fingerprint density at radius 2 is 2.09 bits per heavy atom. The second-order valence-electron chi connectivity index (χ2n) is 6.40. The van der Waals surface area contributed by atoms with Crippen LogP contribution in [0.2, 0.25) is 18.1 Å². The Balaban J connectivity index is 2.70. The lowest BCUT2D eigenvalue weighted by Gasteiger charge is -2.35. The van der Waals surface area contributed by atoms with Gasteiger partial charge in [-0.05, 0) is 36.2 Å². The quantitative estimate of drug-likeness (QED) is 0.367. The molecule has 22 heavy (non-hydrogen) atoms. The van der Waals surface area contributed by atoms with Crippen LogP contribution in [0, 0.1) is 22.0 Å². The third kappa shape index (κ3) is 5.80. The van der Waals surface area contributed by atoms with E-state index < -0.39 is 13.2 Å². The minimum absolute atomic E-state index is 0.153. The molecule has 5 nitrogen and oxygen atoms in total. The van der Waals surface area contributed by atoms with Crippen molar-refractivity contribution in [2.75, 3.05) is 6.61 Å². The van der Waals surface area contributed by atoms with E-state index in [1.54, 1.807) is 18.2 Å². The van der Waals surface area contributed by atoms with Crippen LogP contribution in [0.4, 0.5) is 0 Å². The third-order valence-corrected chi connectivity index (χ3v) is 8.14. The van der Waals surface area contributed by atoms with Crippen LogP contribution in [0.25, 0.3) is 6.08 Å². The molecule has 0 saturated heterocycles. The molecule has 0 aromatic carbocycles. The molecule has 0 amide bonds. The zero-order chi connectivity index (χ0) is 16.8. The van der Waals surface area contributed by atoms with Crippen molar-refractivity contribution in [3.63, 3.8) is 0 Å². The predicted octanol–water partition coefficient (Wildman–Crippen LogP) is 3.70. The Morgan fingerprint density at radius 3 is 2.68 bits per heavy atom. The van der Waals surface area contributed by atoms with E-state index in [2.05, 4.69) is 50.7 Å². The van der Waals surface area contributed by atoms with E-state index in [0.29, 0.717) is 18.0 Å². The molecule has 0 radical (unpaired) electrons.